The van der Waals surface area contributed by atoms with Crippen LogP contribution in [0.4, 0.5) is 0 Å². The SMILES string of the molecule is C[C@@H]1O[C@@H](c2ccccc2)OC1=O. The Hall–Kier alpha value is -1.35. The molecule has 0 bridgehead atoms. The molecule has 1 aromatic rings. The van der Waals surface area contributed by atoms with Crippen molar-refractivity contribution in [2.24, 2.45) is 0 Å². The lowest BCUT2D eigenvalue weighted by Gasteiger charge is -2.07. The van der Waals surface area contributed by atoms with E-state index in [0.717, 1.165) is 5.56 Å². The molecule has 0 N–H and O–H groups in total. The van der Waals surface area contributed by atoms with Crippen LogP contribution in [-0.4, -0.2) is 12.1 Å². The molecule has 0 aliphatic carbocycles. The summed E-state index contributed by atoms with van der Waals surface area (Å²) in [6, 6.07) is 9.42. The highest BCUT2D eigenvalue weighted by molar-refractivity contribution is 5.75. The van der Waals surface area contributed by atoms with Gasteiger partial charge in [-0.3, -0.25) is 0 Å². The van der Waals surface area contributed by atoms with E-state index in [4.69, 9.17) is 9.47 Å². The van der Waals surface area contributed by atoms with E-state index in [1.54, 1.807) is 6.92 Å². The number of cyclic esters (lactones) is 1. The van der Waals surface area contributed by atoms with Crippen LogP contribution in [0.25, 0.3) is 0 Å². The number of esters is 1. The van der Waals surface area contributed by atoms with Gasteiger partial charge in [0.05, 0.1) is 0 Å². The summed E-state index contributed by atoms with van der Waals surface area (Å²) >= 11 is 0. The van der Waals surface area contributed by atoms with Crippen molar-refractivity contribution in [2.75, 3.05) is 0 Å². The van der Waals surface area contributed by atoms with Crippen LogP contribution in [0.15, 0.2) is 30.3 Å². The van der Waals surface area contributed by atoms with Gasteiger partial charge in [0.1, 0.15) is 0 Å². The van der Waals surface area contributed by atoms with Crippen LogP contribution in [-0.2, 0) is 14.3 Å². The molecule has 0 saturated carbocycles. The van der Waals surface area contributed by atoms with Crippen molar-refractivity contribution in [1.82, 2.24) is 0 Å². The Kier molecular flexibility index (Phi) is 2.02. The van der Waals surface area contributed by atoms with Crippen molar-refractivity contribution in [3.8, 4) is 0 Å². The lowest BCUT2D eigenvalue weighted by atomic mass is 10.2. The predicted octanol–water partition coefficient (Wildman–Crippen LogP) is 1.65. The fourth-order valence-corrected chi connectivity index (χ4v) is 1.23. The molecule has 2 rings (SSSR count). The van der Waals surface area contributed by atoms with Crippen LogP contribution >= 0.6 is 0 Å². The van der Waals surface area contributed by atoms with E-state index >= 15 is 0 Å². The Morgan fingerprint density at radius 1 is 1.23 bits per heavy atom. The highest BCUT2D eigenvalue weighted by atomic mass is 16.7. The van der Waals surface area contributed by atoms with Crippen molar-refractivity contribution in [3.63, 3.8) is 0 Å². The molecule has 1 aromatic carbocycles. The summed E-state index contributed by atoms with van der Waals surface area (Å²) in [6.07, 6.45) is -0.978. The van der Waals surface area contributed by atoms with Crippen molar-refractivity contribution in [1.29, 1.82) is 0 Å². The van der Waals surface area contributed by atoms with Gasteiger partial charge in [0.2, 0.25) is 6.29 Å². The first-order chi connectivity index (χ1) is 6.27. The molecule has 1 fully saturated rings. The van der Waals surface area contributed by atoms with Gasteiger partial charge in [0.25, 0.3) is 0 Å². The van der Waals surface area contributed by atoms with Gasteiger partial charge in [-0.2, -0.15) is 0 Å². The quantitative estimate of drug-likeness (QED) is 0.613. The van der Waals surface area contributed by atoms with E-state index in [0.29, 0.717) is 0 Å². The molecule has 0 radical (unpaired) electrons. The first-order valence-corrected chi connectivity index (χ1v) is 4.18. The summed E-state index contributed by atoms with van der Waals surface area (Å²) < 4.78 is 10.3. The van der Waals surface area contributed by atoms with Crippen molar-refractivity contribution < 1.29 is 14.3 Å². The summed E-state index contributed by atoms with van der Waals surface area (Å²) in [5, 5.41) is 0. The van der Waals surface area contributed by atoms with Crippen LogP contribution < -0.4 is 0 Å². The second-order valence-corrected chi connectivity index (χ2v) is 2.96. The zero-order valence-electron chi connectivity index (χ0n) is 7.27. The van der Waals surface area contributed by atoms with Crippen LogP contribution in [0, 0.1) is 0 Å². The van der Waals surface area contributed by atoms with E-state index < -0.39 is 12.4 Å². The average Bonchev–Trinajstić information content (AvgIpc) is 2.49. The lowest BCUT2D eigenvalue weighted by molar-refractivity contribution is -0.144. The molecule has 1 aliphatic heterocycles. The van der Waals surface area contributed by atoms with Gasteiger partial charge in [-0.05, 0) is 6.92 Å². The van der Waals surface area contributed by atoms with Gasteiger partial charge >= 0.3 is 5.97 Å². The molecular formula is C10H10O3. The number of carbonyl (C=O) groups is 1. The molecule has 1 aliphatic rings. The Balaban J connectivity index is 2.17. The molecule has 1 saturated heterocycles. The molecule has 0 amide bonds. The molecule has 0 spiro atoms. The third-order valence-corrected chi connectivity index (χ3v) is 1.95. The molecule has 0 unspecified atom stereocenters. The maximum atomic E-state index is 11.0. The second-order valence-electron chi connectivity index (χ2n) is 2.96. The minimum Gasteiger partial charge on any atom is -0.429 e. The third-order valence-electron chi connectivity index (χ3n) is 1.95. The molecule has 3 nitrogen and oxygen atoms in total. The highest BCUT2D eigenvalue weighted by Crippen LogP contribution is 2.26. The molecule has 13 heavy (non-hydrogen) atoms. The minimum atomic E-state index is -0.524. The topological polar surface area (TPSA) is 35.5 Å². The number of carbonyl (C=O) groups excluding carboxylic acids is 1. The van der Waals surface area contributed by atoms with E-state index in [1.165, 1.54) is 0 Å². The van der Waals surface area contributed by atoms with E-state index in [-0.39, 0.29) is 5.97 Å². The largest absolute Gasteiger partial charge is 0.429 e. The molecule has 0 aromatic heterocycles. The van der Waals surface area contributed by atoms with E-state index in [9.17, 15) is 4.79 Å². The minimum absolute atomic E-state index is 0.297. The number of hydrogen-bond acceptors (Lipinski definition) is 3. The summed E-state index contributed by atoms with van der Waals surface area (Å²) in [5.74, 6) is -0.297. The van der Waals surface area contributed by atoms with E-state index in [1.807, 2.05) is 30.3 Å². The fraction of sp³-hybridized carbons (Fsp3) is 0.300. The second kappa shape index (κ2) is 3.18. The van der Waals surface area contributed by atoms with Crippen molar-refractivity contribution in [3.05, 3.63) is 35.9 Å². The maximum absolute atomic E-state index is 11.0. The van der Waals surface area contributed by atoms with Crippen LogP contribution in [0.5, 0.6) is 0 Å². The molecule has 3 heteroatoms. The van der Waals surface area contributed by atoms with E-state index in [2.05, 4.69) is 0 Å². The number of rotatable bonds is 1. The average molecular weight is 178 g/mol. The van der Waals surface area contributed by atoms with Crippen LogP contribution in [0.3, 0.4) is 0 Å². The van der Waals surface area contributed by atoms with Gasteiger partial charge in [-0.25, -0.2) is 4.79 Å². The van der Waals surface area contributed by atoms with Crippen molar-refractivity contribution >= 4 is 5.97 Å². The Morgan fingerprint density at radius 2 is 1.92 bits per heavy atom. The maximum Gasteiger partial charge on any atom is 0.337 e. The Morgan fingerprint density at radius 3 is 2.46 bits per heavy atom. The summed E-state index contributed by atoms with van der Waals surface area (Å²) in [4.78, 5) is 11.0. The van der Waals surface area contributed by atoms with Gasteiger partial charge < -0.3 is 9.47 Å². The molecular weight excluding hydrogens is 168 g/mol. The zero-order valence-corrected chi connectivity index (χ0v) is 7.27. The summed E-state index contributed by atoms with van der Waals surface area (Å²) in [5.41, 5.74) is 0.875. The summed E-state index contributed by atoms with van der Waals surface area (Å²) in [7, 11) is 0. The molecule has 1 heterocycles. The van der Waals surface area contributed by atoms with Gasteiger partial charge in [-0.1, -0.05) is 30.3 Å². The Labute approximate surface area is 76.3 Å². The lowest BCUT2D eigenvalue weighted by Crippen LogP contribution is -2.09. The first kappa shape index (κ1) is 8.26. The highest BCUT2D eigenvalue weighted by Gasteiger charge is 2.32. The molecule has 2 atom stereocenters. The monoisotopic (exact) mass is 178 g/mol. The first-order valence-electron chi connectivity index (χ1n) is 4.18. The smallest absolute Gasteiger partial charge is 0.337 e. The standard InChI is InChI=1S/C10H10O3/c1-7-9(11)13-10(12-7)8-5-3-2-4-6-8/h2-7,10H,1H3/t7-,10+/m0/s1. The third kappa shape index (κ3) is 1.55. The summed E-state index contributed by atoms with van der Waals surface area (Å²) in [6.45, 7) is 1.69. The van der Waals surface area contributed by atoms with Crippen LogP contribution in [0.2, 0.25) is 0 Å². The van der Waals surface area contributed by atoms with Gasteiger partial charge in [0, 0.05) is 5.56 Å². The fourth-order valence-electron chi connectivity index (χ4n) is 1.23. The molecule has 68 valence electrons. The van der Waals surface area contributed by atoms with Gasteiger partial charge in [-0.15, -0.1) is 0 Å². The number of benzene rings is 1. The zero-order chi connectivity index (χ0) is 9.26. The number of ether oxygens (including phenoxy) is 2. The predicted molar refractivity (Wildman–Crippen MR) is 45.8 cm³/mol. The van der Waals surface area contributed by atoms with Gasteiger partial charge in [0.15, 0.2) is 6.10 Å². The number of hydrogen-bond donors (Lipinski definition) is 0. The van der Waals surface area contributed by atoms with Crippen molar-refractivity contribution in [2.45, 2.75) is 19.3 Å². The van der Waals surface area contributed by atoms with Crippen LogP contribution in [0.1, 0.15) is 18.8 Å². The normalized spacial score (nSPS) is 27.3. The Bertz CT molecular complexity index is 307.